The van der Waals surface area contributed by atoms with Gasteiger partial charge in [0.1, 0.15) is 5.82 Å². The maximum absolute atomic E-state index is 12.4. The van der Waals surface area contributed by atoms with E-state index in [0.717, 1.165) is 24.5 Å². The molecule has 1 aliphatic carbocycles. The highest BCUT2D eigenvalue weighted by Crippen LogP contribution is 2.58. The van der Waals surface area contributed by atoms with Gasteiger partial charge in [0, 0.05) is 18.4 Å². The molecule has 1 aromatic rings. The molecule has 3 atom stereocenters. The quantitative estimate of drug-likeness (QED) is 0.868. The van der Waals surface area contributed by atoms with Gasteiger partial charge in [-0.05, 0) is 11.8 Å². The van der Waals surface area contributed by atoms with Crippen molar-refractivity contribution in [2.75, 3.05) is 0 Å². The number of aromatic nitrogens is 3. The van der Waals surface area contributed by atoms with Gasteiger partial charge in [-0.15, -0.1) is 0 Å². The second-order valence-corrected chi connectivity index (χ2v) is 7.58. The van der Waals surface area contributed by atoms with Gasteiger partial charge in [0.05, 0.1) is 18.4 Å². The first-order valence-corrected chi connectivity index (χ1v) is 8.18. The molecule has 2 heterocycles. The molecule has 2 aliphatic rings. The van der Waals surface area contributed by atoms with E-state index in [4.69, 9.17) is 0 Å². The summed E-state index contributed by atoms with van der Waals surface area (Å²) in [4.78, 5) is 28.2. The van der Waals surface area contributed by atoms with E-state index in [1.807, 2.05) is 18.5 Å². The van der Waals surface area contributed by atoms with Crippen LogP contribution in [0.15, 0.2) is 0 Å². The average Bonchev–Trinajstić information content (AvgIpc) is 2.83. The van der Waals surface area contributed by atoms with Gasteiger partial charge in [-0.2, -0.15) is 5.10 Å². The number of carbonyl (C=O) groups is 2. The summed E-state index contributed by atoms with van der Waals surface area (Å²) in [5, 5.41) is 16.7. The van der Waals surface area contributed by atoms with E-state index in [-0.39, 0.29) is 17.9 Å². The van der Waals surface area contributed by atoms with Gasteiger partial charge in [0.2, 0.25) is 5.91 Å². The number of nitrogens with one attached hydrogen (secondary N) is 1. The first-order chi connectivity index (χ1) is 10.7. The molecule has 0 bridgehead atoms. The van der Waals surface area contributed by atoms with Gasteiger partial charge in [-0.1, -0.05) is 27.7 Å². The van der Waals surface area contributed by atoms with Crippen LogP contribution in [0.5, 0.6) is 0 Å². The molecule has 7 nitrogen and oxygen atoms in total. The molecule has 1 saturated carbocycles. The largest absolute Gasteiger partial charge is 0.481 e. The molecule has 3 rings (SSSR count). The lowest BCUT2D eigenvalue weighted by Gasteiger charge is -2.23. The zero-order valence-electron chi connectivity index (χ0n) is 14.0. The Bertz CT molecular complexity index is 650. The normalized spacial score (nSPS) is 28.3. The summed E-state index contributed by atoms with van der Waals surface area (Å²) in [6, 6.07) is -0.0115. The Balaban J connectivity index is 1.64. The maximum Gasteiger partial charge on any atom is 0.307 e. The zero-order chi connectivity index (χ0) is 16.9. The van der Waals surface area contributed by atoms with E-state index in [9.17, 15) is 14.7 Å². The van der Waals surface area contributed by atoms with Crippen molar-refractivity contribution in [2.45, 2.75) is 59.0 Å². The number of carboxylic acids is 1. The van der Waals surface area contributed by atoms with Crippen LogP contribution in [0.3, 0.4) is 0 Å². The predicted molar refractivity (Wildman–Crippen MR) is 82.8 cm³/mol. The number of hydrogen-bond acceptors (Lipinski definition) is 4. The zero-order valence-corrected chi connectivity index (χ0v) is 14.0. The molecule has 0 spiro atoms. The van der Waals surface area contributed by atoms with Crippen LogP contribution in [-0.2, 0) is 22.6 Å². The minimum Gasteiger partial charge on any atom is -0.481 e. The smallest absolute Gasteiger partial charge is 0.307 e. The highest BCUT2D eigenvalue weighted by molar-refractivity contribution is 5.91. The number of carboxylic acid groups (broad SMARTS) is 1. The number of hydrogen-bond donors (Lipinski definition) is 2. The van der Waals surface area contributed by atoms with Gasteiger partial charge < -0.3 is 10.4 Å². The van der Waals surface area contributed by atoms with Crippen molar-refractivity contribution in [3.63, 3.8) is 0 Å². The minimum atomic E-state index is -0.890. The van der Waals surface area contributed by atoms with Crippen LogP contribution in [0.25, 0.3) is 0 Å². The third kappa shape index (κ3) is 2.72. The van der Waals surface area contributed by atoms with Crippen LogP contribution in [0.4, 0.5) is 0 Å². The molecule has 126 valence electrons. The fraction of sp³-hybridized carbons (Fsp3) is 0.750. The highest BCUT2D eigenvalue weighted by Gasteiger charge is 2.66. The van der Waals surface area contributed by atoms with Crippen molar-refractivity contribution in [1.29, 1.82) is 0 Å². The highest BCUT2D eigenvalue weighted by atomic mass is 16.4. The number of aliphatic carboxylic acids is 1. The molecular formula is C16H24N4O3. The molecule has 0 aromatic carbocycles. The first-order valence-electron chi connectivity index (χ1n) is 8.18. The Morgan fingerprint density at radius 1 is 1.35 bits per heavy atom. The van der Waals surface area contributed by atoms with E-state index in [2.05, 4.69) is 29.2 Å². The molecule has 0 radical (unpaired) electrons. The van der Waals surface area contributed by atoms with E-state index in [1.165, 1.54) is 0 Å². The number of rotatable bonds is 4. The summed E-state index contributed by atoms with van der Waals surface area (Å²) in [5.41, 5.74) is -0.464. The van der Waals surface area contributed by atoms with Crippen LogP contribution in [0.2, 0.25) is 0 Å². The Morgan fingerprint density at radius 2 is 2.04 bits per heavy atom. The molecule has 2 N–H and O–H groups in total. The predicted octanol–water partition coefficient (Wildman–Crippen LogP) is 1.19. The Labute approximate surface area is 135 Å². The first kappa shape index (κ1) is 16.0. The molecule has 23 heavy (non-hydrogen) atoms. The standard InChI is InChI=1S/C16H24N4O3/c1-8(2)13-18-10-6-5-9(7-20(10)19-13)17-14(21)11-12(15(22)23)16(11,3)4/h8-9,11-12H,5-7H2,1-4H3,(H,17,21)(H,22,23)/t9?,11-,12+/m0/s1. The van der Waals surface area contributed by atoms with E-state index in [0.29, 0.717) is 6.54 Å². The fourth-order valence-electron chi connectivity index (χ4n) is 3.57. The summed E-state index contributed by atoms with van der Waals surface area (Å²) in [5.74, 6) is 0.0169. The van der Waals surface area contributed by atoms with Crippen LogP contribution in [0, 0.1) is 17.3 Å². The van der Waals surface area contributed by atoms with Crippen molar-refractivity contribution in [3.05, 3.63) is 11.6 Å². The molecule has 1 unspecified atom stereocenters. The fourth-order valence-corrected chi connectivity index (χ4v) is 3.57. The molecule has 1 aromatic heterocycles. The molecule has 1 amide bonds. The van der Waals surface area contributed by atoms with Gasteiger partial charge in [-0.25, -0.2) is 9.67 Å². The van der Waals surface area contributed by atoms with Crippen LogP contribution in [0.1, 0.15) is 51.7 Å². The van der Waals surface area contributed by atoms with Gasteiger partial charge in [0.15, 0.2) is 5.82 Å². The second-order valence-electron chi connectivity index (χ2n) is 7.58. The molecular weight excluding hydrogens is 296 g/mol. The number of carbonyl (C=O) groups excluding carboxylic acids is 1. The SMILES string of the molecule is CC(C)c1nc2n(n1)CC(NC(=O)[C@@H]1[C@H](C(=O)O)C1(C)C)CC2. The maximum atomic E-state index is 12.4. The van der Waals surface area contributed by atoms with Crippen molar-refractivity contribution in [2.24, 2.45) is 17.3 Å². The lowest BCUT2D eigenvalue weighted by Crippen LogP contribution is -2.42. The monoisotopic (exact) mass is 320 g/mol. The van der Waals surface area contributed by atoms with Crippen molar-refractivity contribution >= 4 is 11.9 Å². The molecule has 1 fully saturated rings. The Morgan fingerprint density at radius 3 is 2.61 bits per heavy atom. The van der Waals surface area contributed by atoms with Crippen molar-refractivity contribution < 1.29 is 14.7 Å². The topological polar surface area (TPSA) is 97.1 Å². The summed E-state index contributed by atoms with van der Waals surface area (Å²) in [6.45, 7) is 8.39. The molecule has 7 heteroatoms. The van der Waals surface area contributed by atoms with Crippen LogP contribution in [-0.4, -0.2) is 37.8 Å². The second kappa shape index (κ2) is 5.32. The molecule has 1 aliphatic heterocycles. The number of nitrogens with zero attached hydrogens (tertiary/aromatic N) is 3. The van der Waals surface area contributed by atoms with Crippen LogP contribution >= 0.6 is 0 Å². The Hall–Kier alpha value is -1.92. The number of fused-ring (bicyclic) bond motifs is 1. The van der Waals surface area contributed by atoms with Crippen molar-refractivity contribution in [1.82, 2.24) is 20.1 Å². The molecule has 0 saturated heterocycles. The summed E-state index contributed by atoms with van der Waals surface area (Å²) in [6.07, 6.45) is 1.59. The third-order valence-electron chi connectivity index (χ3n) is 5.11. The third-order valence-corrected chi connectivity index (χ3v) is 5.11. The lowest BCUT2D eigenvalue weighted by molar-refractivity contribution is -0.140. The average molecular weight is 320 g/mol. The summed E-state index contributed by atoms with van der Waals surface area (Å²) >= 11 is 0. The van der Waals surface area contributed by atoms with Gasteiger partial charge >= 0.3 is 5.97 Å². The van der Waals surface area contributed by atoms with Crippen molar-refractivity contribution in [3.8, 4) is 0 Å². The summed E-state index contributed by atoms with van der Waals surface area (Å²) < 4.78 is 1.87. The summed E-state index contributed by atoms with van der Waals surface area (Å²) in [7, 11) is 0. The van der Waals surface area contributed by atoms with E-state index < -0.39 is 23.2 Å². The van der Waals surface area contributed by atoms with Gasteiger partial charge in [-0.3, -0.25) is 9.59 Å². The minimum absolute atomic E-state index is 0.0115. The number of aryl methyl sites for hydroxylation is 1. The van der Waals surface area contributed by atoms with Crippen LogP contribution < -0.4 is 5.32 Å². The van der Waals surface area contributed by atoms with Gasteiger partial charge in [0.25, 0.3) is 0 Å². The lowest BCUT2D eigenvalue weighted by atomic mass is 10.1. The van der Waals surface area contributed by atoms with E-state index >= 15 is 0 Å². The Kier molecular flexibility index (Phi) is 3.69. The number of amides is 1. The van der Waals surface area contributed by atoms with E-state index in [1.54, 1.807) is 0 Å².